The fourth-order valence-electron chi connectivity index (χ4n) is 4.07. The number of carbonyl (C=O) groups excluding carboxylic acids is 2. The lowest BCUT2D eigenvalue weighted by Crippen LogP contribution is -2.33. The molecule has 1 aliphatic heterocycles. The Morgan fingerprint density at radius 1 is 1.12 bits per heavy atom. The van der Waals surface area contributed by atoms with E-state index >= 15 is 0 Å². The molecule has 34 heavy (non-hydrogen) atoms. The zero-order valence-electron chi connectivity index (χ0n) is 18.7. The number of amides is 2. The van der Waals surface area contributed by atoms with Crippen LogP contribution in [0.4, 0.5) is 5.69 Å². The number of fused-ring (bicyclic) bond motifs is 2. The first kappa shape index (κ1) is 21.4. The van der Waals surface area contributed by atoms with Gasteiger partial charge in [0.05, 0.1) is 34.7 Å². The van der Waals surface area contributed by atoms with Gasteiger partial charge in [-0.25, -0.2) is 4.98 Å². The zero-order valence-corrected chi connectivity index (χ0v) is 18.7. The molecule has 0 saturated heterocycles. The van der Waals surface area contributed by atoms with Crippen molar-refractivity contribution in [3.8, 4) is 11.5 Å². The summed E-state index contributed by atoms with van der Waals surface area (Å²) in [6.45, 7) is 4.57. The molecule has 0 saturated carbocycles. The minimum Gasteiger partial charge on any atom is -0.486 e. The van der Waals surface area contributed by atoms with Gasteiger partial charge in [0.15, 0.2) is 17.6 Å². The molecule has 3 heterocycles. The van der Waals surface area contributed by atoms with Crippen molar-refractivity contribution in [3.05, 3.63) is 77.2 Å². The lowest BCUT2D eigenvalue weighted by atomic mass is 10.1. The van der Waals surface area contributed by atoms with Crippen LogP contribution in [0.1, 0.15) is 32.2 Å². The van der Waals surface area contributed by atoms with Crippen LogP contribution in [-0.2, 0) is 6.54 Å². The molecule has 1 aliphatic rings. The largest absolute Gasteiger partial charge is 0.486 e. The number of nitrogens with two attached hydrogens (primary N) is 1. The standard InChI is InChI=1S/C25H23N5O4/c1-14-23(15(2)30(29-14)12-16-13-33-21-9-5-6-10-22(21)34-16)28-25(32)18-11-20(24(26)31)27-19-8-4-3-7-17(18)19/h3-11,16H,12-13H2,1-2H3,(H2,26,31)(H,28,32). The molecule has 2 aromatic heterocycles. The van der Waals surface area contributed by atoms with E-state index in [0.717, 1.165) is 11.4 Å². The Morgan fingerprint density at radius 2 is 1.85 bits per heavy atom. The molecule has 5 rings (SSSR count). The SMILES string of the molecule is Cc1nn(CC2COc3ccccc3O2)c(C)c1NC(=O)c1cc(C(N)=O)nc2ccccc12. The summed E-state index contributed by atoms with van der Waals surface area (Å²) in [5, 5.41) is 8.17. The number of ether oxygens (including phenoxy) is 2. The van der Waals surface area contributed by atoms with Gasteiger partial charge in [0.25, 0.3) is 11.8 Å². The Labute approximate surface area is 195 Å². The number of aromatic nitrogens is 3. The predicted octanol–water partition coefficient (Wildman–Crippen LogP) is 3.24. The minimum absolute atomic E-state index is 0.0303. The van der Waals surface area contributed by atoms with Gasteiger partial charge in [0.2, 0.25) is 0 Å². The molecular weight excluding hydrogens is 434 g/mol. The monoisotopic (exact) mass is 457 g/mol. The molecule has 0 spiro atoms. The number of aryl methyl sites for hydroxylation is 1. The van der Waals surface area contributed by atoms with E-state index < -0.39 is 5.91 Å². The van der Waals surface area contributed by atoms with E-state index in [2.05, 4.69) is 15.4 Å². The second-order valence-corrected chi connectivity index (χ2v) is 8.12. The average Bonchev–Trinajstić information content (AvgIpc) is 3.10. The van der Waals surface area contributed by atoms with Crippen LogP contribution in [-0.4, -0.2) is 39.3 Å². The van der Waals surface area contributed by atoms with Crippen LogP contribution >= 0.6 is 0 Å². The van der Waals surface area contributed by atoms with E-state index in [0.29, 0.717) is 46.7 Å². The maximum atomic E-state index is 13.3. The van der Waals surface area contributed by atoms with Gasteiger partial charge in [-0.05, 0) is 38.1 Å². The van der Waals surface area contributed by atoms with Crippen LogP contribution in [0.5, 0.6) is 11.5 Å². The van der Waals surface area contributed by atoms with Crippen LogP contribution in [0.3, 0.4) is 0 Å². The molecule has 1 atom stereocenters. The number of primary amides is 1. The van der Waals surface area contributed by atoms with Crippen LogP contribution in [0.15, 0.2) is 54.6 Å². The zero-order chi connectivity index (χ0) is 23.8. The van der Waals surface area contributed by atoms with Crippen molar-refractivity contribution < 1.29 is 19.1 Å². The minimum atomic E-state index is -0.698. The van der Waals surface area contributed by atoms with Crippen molar-refractivity contribution in [2.24, 2.45) is 5.73 Å². The van der Waals surface area contributed by atoms with Crippen molar-refractivity contribution in [3.63, 3.8) is 0 Å². The summed E-state index contributed by atoms with van der Waals surface area (Å²) < 4.78 is 13.6. The number of pyridine rings is 1. The first-order valence-electron chi connectivity index (χ1n) is 10.8. The highest BCUT2D eigenvalue weighted by Crippen LogP contribution is 2.32. The highest BCUT2D eigenvalue weighted by atomic mass is 16.6. The topological polar surface area (TPSA) is 121 Å². The summed E-state index contributed by atoms with van der Waals surface area (Å²) in [5.74, 6) is 0.345. The van der Waals surface area contributed by atoms with E-state index in [1.807, 2.05) is 44.2 Å². The van der Waals surface area contributed by atoms with Gasteiger partial charge in [0.1, 0.15) is 12.3 Å². The highest BCUT2D eigenvalue weighted by molar-refractivity contribution is 6.14. The van der Waals surface area contributed by atoms with E-state index in [9.17, 15) is 9.59 Å². The molecule has 0 aliphatic carbocycles. The fraction of sp³-hybridized carbons (Fsp3) is 0.200. The second kappa shape index (κ2) is 8.51. The van der Waals surface area contributed by atoms with Gasteiger partial charge in [-0.3, -0.25) is 14.3 Å². The molecule has 2 amide bonds. The van der Waals surface area contributed by atoms with E-state index in [1.165, 1.54) is 6.07 Å². The third-order valence-electron chi connectivity index (χ3n) is 5.78. The number of nitrogens with one attached hydrogen (secondary N) is 1. The molecule has 3 N–H and O–H groups in total. The van der Waals surface area contributed by atoms with Crippen molar-refractivity contribution in [2.45, 2.75) is 26.5 Å². The Balaban J connectivity index is 1.40. The van der Waals surface area contributed by atoms with Crippen LogP contribution in [0.2, 0.25) is 0 Å². The highest BCUT2D eigenvalue weighted by Gasteiger charge is 2.24. The fourth-order valence-corrected chi connectivity index (χ4v) is 4.07. The molecule has 0 fully saturated rings. The molecule has 4 aromatic rings. The lowest BCUT2D eigenvalue weighted by molar-refractivity contribution is 0.0754. The number of hydrogen-bond acceptors (Lipinski definition) is 6. The number of para-hydroxylation sites is 3. The molecule has 172 valence electrons. The second-order valence-electron chi connectivity index (χ2n) is 8.12. The number of carbonyl (C=O) groups is 2. The Kier molecular flexibility index (Phi) is 5.37. The number of nitrogens with zero attached hydrogens (tertiary/aromatic N) is 3. The Hall–Kier alpha value is -4.40. The van der Waals surface area contributed by atoms with Crippen molar-refractivity contribution in [2.75, 3.05) is 11.9 Å². The summed E-state index contributed by atoms with van der Waals surface area (Å²) in [6.07, 6.45) is -0.223. The van der Waals surface area contributed by atoms with E-state index in [4.69, 9.17) is 15.2 Å². The smallest absolute Gasteiger partial charge is 0.267 e. The summed E-state index contributed by atoms with van der Waals surface area (Å²) in [5.41, 5.74) is 8.33. The van der Waals surface area contributed by atoms with E-state index in [-0.39, 0.29) is 17.7 Å². The molecule has 1 unspecified atom stereocenters. The van der Waals surface area contributed by atoms with Gasteiger partial charge in [0, 0.05) is 5.39 Å². The van der Waals surface area contributed by atoms with Crippen molar-refractivity contribution in [1.29, 1.82) is 0 Å². The predicted molar refractivity (Wildman–Crippen MR) is 126 cm³/mol. The summed E-state index contributed by atoms with van der Waals surface area (Å²) in [7, 11) is 0. The van der Waals surface area contributed by atoms with Gasteiger partial charge < -0.3 is 20.5 Å². The first-order chi connectivity index (χ1) is 16.4. The maximum absolute atomic E-state index is 13.3. The Morgan fingerprint density at radius 3 is 2.65 bits per heavy atom. The summed E-state index contributed by atoms with van der Waals surface area (Å²) >= 11 is 0. The van der Waals surface area contributed by atoms with E-state index in [1.54, 1.807) is 22.9 Å². The van der Waals surface area contributed by atoms with Gasteiger partial charge >= 0.3 is 0 Å². The Bertz CT molecular complexity index is 1430. The normalized spacial score (nSPS) is 14.7. The number of rotatable bonds is 5. The molecule has 0 radical (unpaired) electrons. The maximum Gasteiger partial charge on any atom is 0.267 e. The third kappa shape index (κ3) is 3.92. The molecule has 9 nitrogen and oxygen atoms in total. The van der Waals surface area contributed by atoms with Gasteiger partial charge in [-0.2, -0.15) is 5.10 Å². The van der Waals surface area contributed by atoms with Gasteiger partial charge in [-0.1, -0.05) is 30.3 Å². The van der Waals surface area contributed by atoms with Crippen molar-refractivity contribution >= 4 is 28.4 Å². The number of anilines is 1. The third-order valence-corrected chi connectivity index (χ3v) is 5.78. The van der Waals surface area contributed by atoms with Crippen LogP contribution in [0.25, 0.3) is 10.9 Å². The van der Waals surface area contributed by atoms with Crippen molar-refractivity contribution in [1.82, 2.24) is 14.8 Å². The number of benzene rings is 2. The quantitative estimate of drug-likeness (QED) is 0.475. The first-order valence-corrected chi connectivity index (χ1v) is 10.8. The molecular formula is C25H23N5O4. The molecule has 2 aromatic carbocycles. The summed E-state index contributed by atoms with van der Waals surface area (Å²) in [4.78, 5) is 29.3. The lowest BCUT2D eigenvalue weighted by Gasteiger charge is -2.26. The molecule has 0 bridgehead atoms. The number of hydrogen-bond donors (Lipinski definition) is 2. The molecule has 9 heteroatoms. The van der Waals surface area contributed by atoms with Crippen LogP contribution in [0, 0.1) is 13.8 Å². The average molecular weight is 457 g/mol. The van der Waals surface area contributed by atoms with Crippen LogP contribution < -0.4 is 20.5 Å². The summed E-state index contributed by atoms with van der Waals surface area (Å²) in [6, 6.07) is 16.1. The van der Waals surface area contributed by atoms with Gasteiger partial charge in [-0.15, -0.1) is 0 Å².